The number of hydrogen-bond acceptors (Lipinski definition) is 3. The van der Waals surface area contributed by atoms with Crippen molar-refractivity contribution in [1.29, 1.82) is 0 Å². The lowest BCUT2D eigenvalue weighted by Gasteiger charge is -2.41. The van der Waals surface area contributed by atoms with Crippen LogP contribution in [-0.4, -0.2) is 38.9 Å². The van der Waals surface area contributed by atoms with Gasteiger partial charge in [-0.25, -0.2) is 0 Å². The Morgan fingerprint density at radius 2 is 2.06 bits per heavy atom. The molecule has 0 radical (unpaired) electrons. The molecule has 4 heteroatoms. The molecule has 2 aliphatic rings. The van der Waals surface area contributed by atoms with Gasteiger partial charge in [0.2, 0.25) is 0 Å². The van der Waals surface area contributed by atoms with Crippen molar-refractivity contribution in [3.05, 3.63) is 18.0 Å². The maximum absolute atomic E-state index is 10.9. The zero-order valence-electron chi connectivity index (χ0n) is 11.3. The average molecular weight is 249 g/mol. The van der Waals surface area contributed by atoms with Crippen LogP contribution in [0.15, 0.2) is 12.4 Å². The second kappa shape index (κ2) is 4.35. The Labute approximate surface area is 109 Å². The predicted octanol–water partition coefficient (Wildman–Crippen LogP) is 1.74. The molecule has 4 nitrogen and oxygen atoms in total. The van der Waals surface area contributed by atoms with E-state index in [1.807, 2.05) is 17.1 Å². The molecule has 0 spiro atoms. The van der Waals surface area contributed by atoms with Crippen LogP contribution < -0.4 is 0 Å². The Bertz CT molecular complexity index is 414. The average Bonchev–Trinajstić information content (AvgIpc) is 2.87. The molecule has 1 N–H and O–H groups in total. The molecule has 2 saturated heterocycles. The van der Waals surface area contributed by atoms with Crippen LogP contribution >= 0.6 is 0 Å². The zero-order chi connectivity index (χ0) is 12.8. The fourth-order valence-corrected chi connectivity index (χ4v) is 3.64. The summed E-state index contributed by atoms with van der Waals surface area (Å²) in [6.07, 6.45) is 9.15. The number of fused-ring (bicyclic) bond motifs is 2. The van der Waals surface area contributed by atoms with E-state index in [1.54, 1.807) is 0 Å². The Kier molecular flexibility index (Phi) is 2.94. The quantitative estimate of drug-likeness (QED) is 0.887. The van der Waals surface area contributed by atoms with Crippen LogP contribution in [0.1, 0.15) is 44.6 Å². The van der Waals surface area contributed by atoms with Gasteiger partial charge in [0.1, 0.15) is 0 Å². The molecular formula is C14H23N3O. The molecule has 3 rings (SSSR count). The van der Waals surface area contributed by atoms with E-state index in [1.165, 1.54) is 12.8 Å². The first kappa shape index (κ1) is 12.2. The monoisotopic (exact) mass is 249 g/mol. The first-order valence-corrected chi connectivity index (χ1v) is 7.09. The van der Waals surface area contributed by atoms with E-state index in [9.17, 15) is 5.11 Å². The summed E-state index contributed by atoms with van der Waals surface area (Å²) in [5.41, 5.74) is 0.366. The normalized spacial score (nSPS) is 36.2. The van der Waals surface area contributed by atoms with Gasteiger partial charge >= 0.3 is 0 Å². The van der Waals surface area contributed by atoms with Gasteiger partial charge in [-0.3, -0.25) is 4.68 Å². The van der Waals surface area contributed by atoms with Crippen LogP contribution in [0.3, 0.4) is 0 Å². The van der Waals surface area contributed by atoms with E-state index < -0.39 is 5.60 Å². The first-order chi connectivity index (χ1) is 8.62. The predicted molar refractivity (Wildman–Crippen MR) is 70.2 cm³/mol. The fourth-order valence-electron chi connectivity index (χ4n) is 3.64. The van der Waals surface area contributed by atoms with Gasteiger partial charge in [0.05, 0.1) is 11.8 Å². The van der Waals surface area contributed by atoms with E-state index in [4.69, 9.17) is 0 Å². The van der Waals surface area contributed by atoms with E-state index in [2.05, 4.69) is 24.0 Å². The molecule has 2 unspecified atom stereocenters. The maximum atomic E-state index is 10.9. The van der Waals surface area contributed by atoms with Gasteiger partial charge in [0.15, 0.2) is 0 Å². The van der Waals surface area contributed by atoms with Crippen molar-refractivity contribution in [3.8, 4) is 0 Å². The lowest BCUT2D eigenvalue weighted by Crippen LogP contribution is -2.47. The summed E-state index contributed by atoms with van der Waals surface area (Å²) in [6, 6.07) is 1.09. The van der Waals surface area contributed by atoms with Crippen LogP contribution in [0.25, 0.3) is 0 Å². The van der Waals surface area contributed by atoms with Crippen LogP contribution in [0.2, 0.25) is 0 Å². The first-order valence-electron chi connectivity index (χ1n) is 7.09. The summed E-state index contributed by atoms with van der Waals surface area (Å²) in [7, 11) is 2.20. The third-order valence-corrected chi connectivity index (χ3v) is 4.75. The van der Waals surface area contributed by atoms with Gasteiger partial charge in [-0.2, -0.15) is 5.10 Å². The molecule has 2 fully saturated rings. The highest BCUT2D eigenvalue weighted by Gasteiger charge is 2.47. The number of rotatable bonds is 3. The van der Waals surface area contributed by atoms with Crippen molar-refractivity contribution < 1.29 is 5.11 Å². The third kappa shape index (κ3) is 1.88. The highest BCUT2D eigenvalue weighted by Crippen LogP contribution is 2.44. The van der Waals surface area contributed by atoms with Crippen molar-refractivity contribution >= 4 is 0 Å². The van der Waals surface area contributed by atoms with Gasteiger partial charge in [0, 0.05) is 30.4 Å². The topological polar surface area (TPSA) is 41.3 Å². The van der Waals surface area contributed by atoms with Crippen molar-refractivity contribution in [1.82, 2.24) is 14.7 Å². The maximum Gasteiger partial charge on any atom is 0.0956 e. The molecule has 100 valence electrons. The standard InChI is InChI=1S/C14H23N3O/c1-3-6-17-10-11(9-15-17)14(18)7-12-4-5-13(8-14)16(12)2/h9-10,12-13,18H,3-8H2,1-2H3. The fraction of sp³-hybridized carbons (Fsp3) is 0.786. The minimum absolute atomic E-state index is 0.545. The number of hydrogen-bond donors (Lipinski definition) is 1. The highest BCUT2D eigenvalue weighted by molar-refractivity contribution is 5.19. The third-order valence-electron chi connectivity index (χ3n) is 4.75. The molecule has 18 heavy (non-hydrogen) atoms. The summed E-state index contributed by atoms with van der Waals surface area (Å²) in [4.78, 5) is 2.45. The van der Waals surface area contributed by atoms with Crippen molar-refractivity contribution in [3.63, 3.8) is 0 Å². The molecule has 0 aromatic carbocycles. The van der Waals surface area contributed by atoms with E-state index in [0.717, 1.165) is 31.4 Å². The van der Waals surface area contributed by atoms with Gasteiger partial charge < -0.3 is 10.0 Å². The molecule has 1 aromatic rings. The summed E-state index contributed by atoms with van der Waals surface area (Å²) in [6.45, 7) is 3.08. The van der Waals surface area contributed by atoms with Gasteiger partial charge in [-0.1, -0.05) is 6.92 Å². The van der Waals surface area contributed by atoms with Crippen LogP contribution in [0.5, 0.6) is 0 Å². The largest absolute Gasteiger partial charge is 0.385 e. The van der Waals surface area contributed by atoms with Crippen molar-refractivity contribution in [2.45, 2.75) is 63.3 Å². The van der Waals surface area contributed by atoms with Gasteiger partial charge in [-0.05, 0) is 39.2 Å². The number of aryl methyl sites for hydroxylation is 1. The van der Waals surface area contributed by atoms with Crippen LogP contribution in [0, 0.1) is 0 Å². The number of piperidine rings is 1. The second-order valence-corrected chi connectivity index (χ2v) is 5.98. The Hall–Kier alpha value is -0.870. The molecule has 1 aromatic heterocycles. The molecule has 2 atom stereocenters. The summed E-state index contributed by atoms with van der Waals surface area (Å²) in [5, 5.41) is 15.3. The van der Waals surface area contributed by atoms with E-state index >= 15 is 0 Å². The molecule has 2 bridgehead atoms. The molecule has 0 aliphatic carbocycles. The van der Waals surface area contributed by atoms with Gasteiger partial charge in [-0.15, -0.1) is 0 Å². The lowest BCUT2D eigenvalue weighted by molar-refractivity contribution is -0.0493. The lowest BCUT2D eigenvalue weighted by atomic mass is 9.82. The molecule has 0 amide bonds. The summed E-state index contributed by atoms with van der Waals surface area (Å²) >= 11 is 0. The minimum atomic E-state index is -0.648. The number of aromatic nitrogens is 2. The van der Waals surface area contributed by atoms with E-state index in [-0.39, 0.29) is 0 Å². The minimum Gasteiger partial charge on any atom is -0.385 e. The Morgan fingerprint density at radius 3 is 2.67 bits per heavy atom. The molecule has 2 aliphatic heterocycles. The van der Waals surface area contributed by atoms with Crippen molar-refractivity contribution in [2.75, 3.05) is 7.05 Å². The van der Waals surface area contributed by atoms with Crippen molar-refractivity contribution in [2.24, 2.45) is 0 Å². The van der Waals surface area contributed by atoms with Crippen LogP contribution in [0.4, 0.5) is 0 Å². The zero-order valence-corrected chi connectivity index (χ0v) is 11.3. The number of nitrogens with zero attached hydrogens (tertiary/aromatic N) is 3. The van der Waals surface area contributed by atoms with Crippen LogP contribution in [-0.2, 0) is 12.1 Å². The summed E-state index contributed by atoms with van der Waals surface area (Å²) < 4.78 is 1.95. The van der Waals surface area contributed by atoms with Gasteiger partial charge in [0.25, 0.3) is 0 Å². The summed E-state index contributed by atoms with van der Waals surface area (Å²) in [5.74, 6) is 0. The molecular weight excluding hydrogens is 226 g/mol. The Morgan fingerprint density at radius 1 is 1.39 bits per heavy atom. The molecule has 3 heterocycles. The second-order valence-electron chi connectivity index (χ2n) is 5.98. The van der Waals surface area contributed by atoms with E-state index in [0.29, 0.717) is 12.1 Å². The number of aliphatic hydroxyl groups is 1. The smallest absolute Gasteiger partial charge is 0.0956 e. The SMILES string of the molecule is CCCn1cc(C2(O)CC3CCC(C2)N3C)cn1. The molecule has 0 saturated carbocycles. The highest BCUT2D eigenvalue weighted by atomic mass is 16.3. The Balaban J connectivity index is 1.82.